The van der Waals surface area contributed by atoms with Crippen LogP contribution in [0.1, 0.15) is 43.0 Å². The summed E-state index contributed by atoms with van der Waals surface area (Å²) in [5.74, 6) is 3.25. The number of benzene rings is 1. The first-order valence-corrected chi connectivity index (χ1v) is 8.82. The number of carbonyl (C=O) groups is 1. The molecule has 0 radical (unpaired) electrons. The normalized spacial score (nSPS) is 24.7. The smallest absolute Gasteiger partial charge is 0.159 e. The second kappa shape index (κ2) is 6.41. The van der Waals surface area contributed by atoms with Crippen molar-refractivity contribution in [1.82, 2.24) is 0 Å². The largest absolute Gasteiger partial charge is 0.490 e. The Kier molecular flexibility index (Phi) is 4.55. The van der Waals surface area contributed by atoms with Crippen molar-refractivity contribution in [2.24, 2.45) is 0 Å². The number of hydrogen-bond acceptors (Lipinski definition) is 4. The second-order valence-corrected chi connectivity index (χ2v) is 7.19. The molecule has 2 heterocycles. The van der Waals surface area contributed by atoms with Crippen molar-refractivity contribution in [1.29, 1.82) is 0 Å². The molecule has 1 aromatic rings. The number of thioether (sulfide) groups is 1. The Morgan fingerprint density at radius 2 is 2.19 bits per heavy atom. The van der Waals surface area contributed by atoms with Crippen LogP contribution in [-0.4, -0.2) is 35.6 Å². The topological polar surface area (TPSA) is 35.5 Å². The molecule has 0 amide bonds. The Balaban J connectivity index is 1.67. The number of rotatable bonds is 3. The molecule has 1 unspecified atom stereocenters. The fraction of sp³-hybridized carbons (Fsp3) is 0.588. The predicted molar refractivity (Wildman–Crippen MR) is 85.3 cm³/mol. The van der Waals surface area contributed by atoms with E-state index >= 15 is 0 Å². The molecule has 0 saturated carbocycles. The fourth-order valence-electron chi connectivity index (χ4n) is 3.16. The van der Waals surface area contributed by atoms with Crippen LogP contribution >= 0.6 is 11.8 Å². The maximum absolute atomic E-state index is 11.5. The summed E-state index contributed by atoms with van der Waals surface area (Å²) in [6, 6.07) is 7.50. The zero-order chi connectivity index (χ0) is 14.7. The molecule has 1 aromatic carbocycles. The second-order valence-electron chi connectivity index (χ2n) is 5.96. The summed E-state index contributed by atoms with van der Waals surface area (Å²) in [6.07, 6.45) is 4.36. The molecule has 114 valence electrons. The Morgan fingerprint density at radius 1 is 1.38 bits per heavy atom. The van der Waals surface area contributed by atoms with Crippen molar-refractivity contribution in [2.45, 2.75) is 44.3 Å². The van der Waals surface area contributed by atoms with Crippen LogP contribution in [0.25, 0.3) is 0 Å². The zero-order valence-corrected chi connectivity index (χ0v) is 13.3. The minimum atomic E-state index is 0.0341. The van der Waals surface area contributed by atoms with E-state index in [4.69, 9.17) is 9.47 Å². The minimum Gasteiger partial charge on any atom is -0.490 e. The molecule has 2 fully saturated rings. The quantitative estimate of drug-likeness (QED) is 0.798. The molecule has 4 heteroatoms. The van der Waals surface area contributed by atoms with E-state index in [0.29, 0.717) is 5.56 Å². The number of carbonyl (C=O) groups excluding carboxylic acids is 1. The average Bonchev–Trinajstić information content (AvgIpc) is 2.48. The monoisotopic (exact) mass is 306 g/mol. The third-order valence-corrected chi connectivity index (χ3v) is 5.38. The number of ether oxygens (including phenoxy) is 2. The van der Waals surface area contributed by atoms with Gasteiger partial charge in [0.2, 0.25) is 0 Å². The average molecular weight is 306 g/mol. The molecule has 21 heavy (non-hydrogen) atoms. The molecule has 0 bridgehead atoms. The van der Waals surface area contributed by atoms with Crippen LogP contribution in [0.5, 0.6) is 5.75 Å². The lowest BCUT2D eigenvalue weighted by Gasteiger charge is -2.43. The van der Waals surface area contributed by atoms with Gasteiger partial charge in [-0.1, -0.05) is 12.1 Å². The van der Waals surface area contributed by atoms with E-state index in [2.05, 4.69) is 0 Å². The van der Waals surface area contributed by atoms with E-state index < -0.39 is 0 Å². The highest BCUT2D eigenvalue weighted by atomic mass is 32.2. The van der Waals surface area contributed by atoms with Gasteiger partial charge in [0.25, 0.3) is 0 Å². The molecule has 0 N–H and O–H groups in total. The summed E-state index contributed by atoms with van der Waals surface area (Å²) in [5, 5.41) is 0. The van der Waals surface area contributed by atoms with Crippen LogP contribution < -0.4 is 4.74 Å². The molecule has 1 atom stereocenters. The van der Waals surface area contributed by atoms with Gasteiger partial charge >= 0.3 is 0 Å². The number of hydrogen-bond donors (Lipinski definition) is 0. The van der Waals surface area contributed by atoms with E-state index in [1.165, 1.54) is 11.5 Å². The first kappa shape index (κ1) is 14.9. The van der Waals surface area contributed by atoms with Crippen LogP contribution in [0.15, 0.2) is 24.3 Å². The highest BCUT2D eigenvalue weighted by molar-refractivity contribution is 7.99. The molecule has 2 aliphatic rings. The van der Waals surface area contributed by atoms with E-state index in [9.17, 15) is 4.79 Å². The summed E-state index contributed by atoms with van der Waals surface area (Å²) in [7, 11) is 0. The lowest BCUT2D eigenvalue weighted by atomic mass is 9.86. The van der Waals surface area contributed by atoms with Gasteiger partial charge in [-0.25, -0.2) is 0 Å². The van der Waals surface area contributed by atoms with Crippen molar-refractivity contribution >= 4 is 17.5 Å². The molecule has 2 aliphatic heterocycles. The van der Waals surface area contributed by atoms with Crippen molar-refractivity contribution < 1.29 is 14.3 Å². The molecule has 3 nitrogen and oxygen atoms in total. The van der Waals surface area contributed by atoms with Crippen molar-refractivity contribution in [3.63, 3.8) is 0 Å². The maximum atomic E-state index is 11.5. The van der Waals surface area contributed by atoms with Gasteiger partial charge in [0.05, 0.1) is 12.2 Å². The Bertz CT molecular complexity index is 503. The lowest BCUT2D eigenvalue weighted by Crippen LogP contribution is -2.46. The van der Waals surface area contributed by atoms with Gasteiger partial charge in [-0.05, 0) is 43.4 Å². The first-order chi connectivity index (χ1) is 10.2. The summed E-state index contributed by atoms with van der Waals surface area (Å²) in [4.78, 5) is 11.5. The Morgan fingerprint density at radius 3 is 2.95 bits per heavy atom. The van der Waals surface area contributed by atoms with E-state index in [-0.39, 0.29) is 17.5 Å². The third-order valence-electron chi connectivity index (χ3n) is 4.40. The maximum Gasteiger partial charge on any atom is 0.159 e. The van der Waals surface area contributed by atoms with Crippen LogP contribution in [0.4, 0.5) is 0 Å². The van der Waals surface area contributed by atoms with E-state index in [1.807, 2.05) is 36.0 Å². The molecular formula is C17H22O3S. The number of Topliss-reactive ketones (excluding diaryl/α,β-unsaturated/α-hetero) is 1. The molecule has 2 saturated heterocycles. The van der Waals surface area contributed by atoms with Gasteiger partial charge in [-0.3, -0.25) is 4.79 Å². The van der Waals surface area contributed by atoms with Crippen molar-refractivity contribution in [3.8, 4) is 5.75 Å². The molecule has 3 rings (SSSR count). The van der Waals surface area contributed by atoms with E-state index in [0.717, 1.165) is 38.0 Å². The standard InChI is InChI=1S/C17H22O3S/c1-13(18)14-3-2-4-15(11-14)20-16-5-8-19-17(12-16)6-9-21-10-7-17/h2-4,11,16H,5-10,12H2,1H3. The Labute approximate surface area is 130 Å². The van der Waals surface area contributed by atoms with Gasteiger partial charge < -0.3 is 9.47 Å². The van der Waals surface area contributed by atoms with Crippen molar-refractivity contribution in [2.75, 3.05) is 18.1 Å². The van der Waals surface area contributed by atoms with Crippen LogP contribution in [-0.2, 0) is 4.74 Å². The molecule has 1 spiro atoms. The predicted octanol–water partition coefficient (Wildman–Crippen LogP) is 3.71. The third kappa shape index (κ3) is 3.61. The highest BCUT2D eigenvalue weighted by Gasteiger charge is 2.39. The summed E-state index contributed by atoms with van der Waals surface area (Å²) in [6.45, 7) is 2.37. The molecule has 0 aromatic heterocycles. The van der Waals surface area contributed by atoms with Gasteiger partial charge in [0.1, 0.15) is 11.9 Å². The highest BCUT2D eigenvalue weighted by Crippen LogP contribution is 2.38. The summed E-state index contributed by atoms with van der Waals surface area (Å²) < 4.78 is 12.2. The SMILES string of the molecule is CC(=O)c1cccc(OC2CCOC3(CCSCC3)C2)c1. The summed E-state index contributed by atoms with van der Waals surface area (Å²) in [5.41, 5.74) is 0.746. The van der Waals surface area contributed by atoms with Gasteiger partial charge in [0.15, 0.2) is 5.78 Å². The first-order valence-electron chi connectivity index (χ1n) is 7.66. The summed E-state index contributed by atoms with van der Waals surface area (Å²) >= 11 is 2.01. The Hall–Kier alpha value is -1.00. The fourth-order valence-corrected chi connectivity index (χ4v) is 4.39. The van der Waals surface area contributed by atoms with Crippen LogP contribution in [0.2, 0.25) is 0 Å². The van der Waals surface area contributed by atoms with Crippen LogP contribution in [0, 0.1) is 0 Å². The van der Waals surface area contributed by atoms with Gasteiger partial charge in [-0.15, -0.1) is 0 Å². The van der Waals surface area contributed by atoms with Crippen LogP contribution in [0.3, 0.4) is 0 Å². The van der Waals surface area contributed by atoms with Crippen molar-refractivity contribution in [3.05, 3.63) is 29.8 Å². The zero-order valence-electron chi connectivity index (χ0n) is 12.5. The van der Waals surface area contributed by atoms with Gasteiger partial charge in [0, 0.05) is 18.4 Å². The minimum absolute atomic E-state index is 0.0341. The van der Waals surface area contributed by atoms with E-state index in [1.54, 1.807) is 6.92 Å². The lowest BCUT2D eigenvalue weighted by molar-refractivity contribution is -0.116. The van der Waals surface area contributed by atoms with Gasteiger partial charge in [-0.2, -0.15) is 11.8 Å². The molecular weight excluding hydrogens is 284 g/mol. The number of ketones is 1. The molecule has 0 aliphatic carbocycles.